The molecule has 1 unspecified atom stereocenters. The van der Waals surface area contributed by atoms with Crippen LogP contribution in [0.3, 0.4) is 0 Å². The van der Waals surface area contributed by atoms with Crippen LogP contribution in [0.2, 0.25) is 0 Å². The van der Waals surface area contributed by atoms with Gasteiger partial charge in [-0.05, 0) is 49.9 Å². The molecule has 2 aromatic rings. The van der Waals surface area contributed by atoms with E-state index in [0.717, 1.165) is 18.9 Å². The summed E-state index contributed by atoms with van der Waals surface area (Å²) >= 11 is 1.77. The molecule has 1 fully saturated rings. The molecule has 5 heteroatoms. The second kappa shape index (κ2) is 6.54. The van der Waals surface area contributed by atoms with Gasteiger partial charge < -0.3 is 5.32 Å². The number of rotatable bonds is 4. The first-order valence-electron chi connectivity index (χ1n) is 7.51. The minimum Gasteiger partial charge on any atom is -0.373 e. The first-order valence-corrected chi connectivity index (χ1v) is 8.39. The number of anilines is 1. The Morgan fingerprint density at radius 1 is 1.43 bits per heavy atom. The highest BCUT2D eigenvalue weighted by Gasteiger charge is 2.22. The zero-order chi connectivity index (χ0) is 14.7. The van der Waals surface area contributed by atoms with Crippen LogP contribution in [0.15, 0.2) is 23.8 Å². The van der Waals surface area contributed by atoms with E-state index >= 15 is 0 Å². The third-order valence-electron chi connectivity index (χ3n) is 4.23. The number of hydrogen-bond donors (Lipinski definition) is 1. The van der Waals surface area contributed by atoms with Crippen molar-refractivity contribution in [2.24, 2.45) is 0 Å². The Morgan fingerprint density at radius 2 is 2.33 bits per heavy atom. The quantitative estimate of drug-likeness (QED) is 0.941. The smallest absolute Gasteiger partial charge is 0.125 e. The van der Waals surface area contributed by atoms with E-state index in [1.165, 1.54) is 35.5 Å². The fourth-order valence-corrected chi connectivity index (χ4v) is 3.81. The Hall–Kier alpha value is -1.46. The van der Waals surface area contributed by atoms with Crippen molar-refractivity contribution in [2.75, 3.05) is 25.5 Å². The molecule has 1 aliphatic heterocycles. The fourth-order valence-electron chi connectivity index (χ4n) is 2.99. The normalized spacial score (nSPS) is 19.6. The third-order valence-corrected chi connectivity index (χ3v) is 5.15. The average Bonchev–Trinajstić information content (AvgIpc) is 2.93. The highest BCUT2D eigenvalue weighted by atomic mass is 32.1. The molecular formula is C16H22N4S. The Morgan fingerprint density at radius 3 is 3.10 bits per heavy atom. The summed E-state index contributed by atoms with van der Waals surface area (Å²) in [5.41, 5.74) is 4.54. The number of hydrogen-bond acceptors (Lipinski definition) is 5. The molecule has 4 nitrogen and oxygen atoms in total. The molecule has 112 valence electrons. The summed E-state index contributed by atoms with van der Waals surface area (Å²) in [6.45, 7) is 5.47. The molecule has 3 heterocycles. The van der Waals surface area contributed by atoms with E-state index in [-0.39, 0.29) is 0 Å². The van der Waals surface area contributed by atoms with Crippen LogP contribution in [0.4, 0.5) is 5.82 Å². The van der Waals surface area contributed by atoms with Crippen LogP contribution in [-0.4, -0.2) is 35.0 Å². The molecule has 0 saturated carbocycles. The van der Waals surface area contributed by atoms with Gasteiger partial charge in [-0.3, -0.25) is 4.90 Å². The number of nitrogens with one attached hydrogen (secondary N) is 1. The van der Waals surface area contributed by atoms with Crippen molar-refractivity contribution in [3.8, 4) is 0 Å². The SMILES string of the molecule is CNc1cc(C2CCCN(Cc3scnc3C)C2)ccn1. The second-order valence-corrected chi connectivity index (χ2v) is 6.60. The molecule has 1 saturated heterocycles. The summed E-state index contributed by atoms with van der Waals surface area (Å²) in [5, 5.41) is 3.13. The molecule has 0 spiro atoms. The summed E-state index contributed by atoms with van der Waals surface area (Å²) < 4.78 is 0. The van der Waals surface area contributed by atoms with Crippen LogP contribution in [0.25, 0.3) is 0 Å². The van der Waals surface area contributed by atoms with Gasteiger partial charge in [0.15, 0.2) is 0 Å². The topological polar surface area (TPSA) is 41.0 Å². The summed E-state index contributed by atoms with van der Waals surface area (Å²) in [7, 11) is 1.92. The molecule has 2 aromatic heterocycles. The lowest BCUT2D eigenvalue weighted by atomic mass is 9.91. The summed E-state index contributed by atoms with van der Waals surface area (Å²) in [6.07, 6.45) is 4.44. The largest absolute Gasteiger partial charge is 0.373 e. The first-order chi connectivity index (χ1) is 10.3. The van der Waals surface area contributed by atoms with E-state index in [2.05, 4.69) is 39.2 Å². The van der Waals surface area contributed by atoms with Gasteiger partial charge in [0.05, 0.1) is 11.2 Å². The Kier molecular flexibility index (Phi) is 4.51. The van der Waals surface area contributed by atoms with E-state index < -0.39 is 0 Å². The summed E-state index contributed by atoms with van der Waals surface area (Å²) in [5.74, 6) is 1.57. The predicted molar refractivity (Wildman–Crippen MR) is 87.9 cm³/mol. The first kappa shape index (κ1) is 14.5. The monoisotopic (exact) mass is 302 g/mol. The number of pyridine rings is 1. The predicted octanol–water partition coefficient (Wildman–Crippen LogP) is 3.27. The Bertz CT molecular complexity index is 595. The molecule has 0 aliphatic carbocycles. The Balaban J connectivity index is 1.69. The van der Waals surface area contributed by atoms with Crippen molar-refractivity contribution in [1.29, 1.82) is 0 Å². The van der Waals surface area contributed by atoms with Crippen molar-refractivity contribution >= 4 is 17.2 Å². The van der Waals surface area contributed by atoms with Crippen molar-refractivity contribution in [2.45, 2.75) is 32.2 Å². The van der Waals surface area contributed by atoms with Gasteiger partial charge in [-0.2, -0.15) is 0 Å². The summed E-state index contributed by atoms with van der Waals surface area (Å²) in [4.78, 5) is 12.6. The van der Waals surface area contributed by atoms with Crippen LogP contribution in [-0.2, 0) is 6.54 Å². The molecule has 1 atom stereocenters. The van der Waals surface area contributed by atoms with Gasteiger partial charge in [-0.1, -0.05) is 0 Å². The van der Waals surface area contributed by atoms with Crippen molar-refractivity contribution in [3.63, 3.8) is 0 Å². The van der Waals surface area contributed by atoms with E-state index in [0.29, 0.717) is 5.92 Å². The maximum absolute atomic E-state index is 4.36. The van der Waals surface area contributed by atoms with Gasteiger partial charge in [-0.15, -0.1) is 11.3 Å². The number of aromatic nitrogens is 2. The van der Waals surface area contributed by atoms with Crippen LogP contribution < -0.4 is 5.32 Å². The number of thiazole rings is 1. The van der Waals surface area contributed by atoms with Crippen LogP contribution in [0, 0.1) is 6.92 Å². The molecule has 0 amide bonds. The molecule has 1 N–H and O–H groups in total. The maximum atomic E-state index is 4.36. The molecule has 3 rings (SSSR count). The molecule has 0 bridgehead atoms. The molecular weight excluding hydrogens is 280 g/mol. The van der Waals surface area contributed by atoms with Gasteiger partial charge in [0.2, 0.25) is 0 Å². The molecule has 0 aromatic carbocycles. The van der Waals surface area contributed by atoms with E-state index in [1.54, 1.807) is 11.3 Å². The van der Waals surface area contributed by atoms with Gasteiger partial charge >= 0.3 is 0 Å². The van der Waals surface area contributed by atoms with Gasteiger partial charge in [0.1, 0.15) is 5.82 Å². The molecule has 1 aliphatic rings. The van der Waals surface area contributed by atoms with Gasteiger partial charge in [0.25, 0.3) is 0 Å². The number of piperidine rings is 1. The van der Waals surface area contributed by atoms with Gasteiger partial charge in [0, 0.05) is 31.2 Å². The van der Waals surface area contributed by atoms with Crippen LogP contribution >= 0.6 is 11.3 Å². The standard InChI is InChI=1S/C16H22N4S/c1-12-15(21-11-19-12)10-20-7-3-4-14(9-20)13-5-6-18-16(8-13)17-2/h5-6,8,11,14H,3-4,7,9-10H2,1-2H3,(H,17,18). The van der Waals surface area contributed by atoms with E-state index in [9.17, 15) is 0 Å². The number of nitrogens with zero attached hydrogens (tertiary/aromatic N) is 3. The highest BCUT2D eigenvalue weighted by molar-refractivity contribution is 7.09. The average molecular weight is 302 g/mol. The van der Waals surface area contributed by atoms with Crippen molar-refractivity contribution < 1.29 is 0 Å². The van der Waals surface area contributed by atoms with Crippen LogP contribution in [0.5, 0.6) is 0 Å². The highest BCUT2D eigenvalue weighted by Crippen LogP contribution is 2.29. The zero-order valence-electron chi connectivity index (χ0n) is 12.7. The number of aryl methyl sites for hydroxylation is 1. The lowest BCUT2D eigenvalue weighted by Crippen LogP contribution is -2.33. The lowest BCUT2D eigenvalue weighted by molar-refractivity contribution is 0.201. The molecule has 21 heavy (non-hydrogen) atoms. The minimum absolute atomic E-state index is 0.613. The second-order valence-electron chi connectivity index (χ2n) is 5.66. The maximum Gasteiger partial charge on any atom is 0.125 e. The fraction of sp³-hybridized carbons (Fsp3) is 0.500. The van der Waals surface area contributed by atoms with Crippen molar-refractivity contribution in [3.05, 3.63) is 40.0 Å². The third kappa shape index (κ3) is 3.41. The molecule has 0 radical (unpaired) electrons. The zero-order valence-corrected chi connectivity index (χ0v) is 13.5. The van der Waals surface area contributed by atoms with Crippen molar-refractivity contribution in [1.82, 2.24) is 14.9 Å². The minimum atomic E-state index is 0.613. The van der Waals surface area contributed by atoms with Gasteiger partial charge in [-0.25, -0.2) is 9.97 Å². The lowest BCUT2D eigenvalue weighted by Gasteiger charge is -2.32. The van der Waals surface area contributed by atoms with E-state index in [1.807, 2.05) is 18.8 Å². The Labute approximate surface area is 130 Å². The van der Waals surface area contributed by atoms with Crippen LogP contribution in [0.1, 0.15) is 34.9 Å². The number of likely N-dealkylation sites (tertiary alicyclic amines) is 1. The summed E-state index contributed by atoms with van der Waals surface area (Å²) in [6, 6.07) is 4.35. The van der Waals surface area contributed by atoms with E-state index in [4.69, 9.17) is 0 Å².